The summed E-state index contributed by atoms with van der Waals surface area (Å²) in [6.07, 6.45) is 0.700. The van der Waals surface area contributed by atoms with Gasteiger partial charge >= 0.3 is 5.97 Å². The van der Waals surface area contributed by atoms with E-state index in [9.17, 15) is 4.79 Å². The fourth-order valence-electron chi connectivity index (χ4n) is 0.944. The van der Waals surface area contributed by atoms with Gasteiger partial charge in [-0.3, -0.25) is 4.79 Å². The molecule has 1 rings (SSSR count). The van der Waals surface area contributed by atoms with Gasteiger partial charge in [-0.15, -0.1) is 0 Å². The smallest absolute Gasteiger partial charge is 0.303 e. The second-order valence-electron chi connectivity index (χ2n) is 2.80. The Morgan fingerprint density at radius 2 is 2.00 bits per heavy atom. The highest BCUT2D eigenvalue weighted by atomic mass is 127. The average Bonchev–Trinajstić information content (AvgIpc) is 2.15. The molecule has 0 heterocycles. The molecule has 1 N–H and O–H groups in total. The fraction of sp³-hybridized carbons (Fsp3) is 0.300. The van der Waals surface area contributed by atoms with Gasteiger partial charge in [-0.05, 0) is 53.3 Å². The zero-order valence-electron chi connectivity index (χ0n) is 7.57. The van der Waals surface area contributed by atoms with Gasteiger partial charge in [-0.1, -0.05) is 0 Å². The Kier molecular flexibility index (Phi) is 4.72. The van der Waals surface area contributed by atoms with Crippen molar-refractivity contribution in [1.29, 1.82) is 0 Å². The monoisotopic (exact) mass is 306 g/mol. The van der Waals surface area contributed by atoms with Crippen molar-refractivity contribution in [2.24, 2.45) is 0 Å². The van der Waals surface area contributed by atoms with Crippen LogP contribution in [0.5, 0.6) is 5.75 Å². The lowest BCUT2D eigenvalue weighted by atomic mass is 10.3. The first-order valence-corrected chi connectivity index (χ1v) is 5.36. The second kappa shape index (κ2) is 5.85. The van der Waals surface area contributed by atoms with E-state index in [-0.39, 0.29) is 6.42 Å². The van der Waals surface area contributed by atoms with E-state index in [1.807, 2.05) is 24.3 Å². The zero-order valence-corrected chi connectivity index (χ0v) is 9.73. The number of hydrogen-bond donors (Lipinski definition) is 1. The Morgan fingerprint density at radius 3 is 2.57 bits per heavy atom. The van der Waals surface area contributed by atoms with Gasteiger partial charge in [0.25, 0.3) is 0 Å². The van der Waals surface area contributed by atoms with E-state index >= 15 is 0 Å². The van der Waals surface area contributed by atoms with Crippen molar-refractivity contribution in [3.8, 4) is 5.75 Å². The summed E-state index contributed by atoms with van der Waals surface area (Å²) in [4.78, 5) is 10.2. The summed E-state index contributed by atoms with van der Waals surface area (Å²) in [5.41, 5.74) is 0. The van der Waals surface area contributed by atoms with E-state index in [0.717, 1.165) is 9.32 Å². The van der Waals surface area contributed by atoms with Gasteiger partial charge in [0, 0.05) is 9.99 Å². The molecule has 0 saturated heterocycles. The van der Waals surface area contributed by atoms with Crippen LogP contribution in [0.25, 0.3) is 0 Å². The molecule has 0 aliphatic heterocycles. The number of aliphatic carboxylic acids is 1. The molecular formula is C10H11IO3. The topological polar surface area (TPSA) is 46.5 Å². The van der Waals surface area contributed by atoms with Crippen molar-refractivity contribution >= 4 is 28.6 Å². The second-order valence-corrected chi connectivity index (χ2v) is 4.05. The first kappa shape index (κ1) is 11.3. The normalized spacial score (nSPS) is 9.79. The Labute approximate surface area is 96.2 Å². The van der Waals surface area contributed by atoms with Crippen LogP contribution in [0, 0.1) is 3.57 Å². The predicted octanol–water partition coefficient (Wildman–Crippen LogP) is 2.53. The third-order valence-electron chi connectivity index (χ3n) is 1.62. The molecule has 0 radical (unpaired) electrons. The summed E-state index contributed by atoms with van der Waals surface area (Å²) in [6.45, 7) is 0.451. The van der Waals surface area contributed by atoms with Crippen LogP contribution in [0.4, 0.5) is 0 Å². The molecule has 1 aromatic carbocycles. The van der Waals surface area contributed by atoms with Gasteiger partial charge in [0.15, 0.2) is 0 Å². The highest BCUT2D eigenvalue weighted by Gasteiger charge is 1.97. The minimum Gasteiger partial charge on any atom is -0.494 e. The van der Waals surface area contributed by atoms with Crippen LogP contribution >= 0.6 is 22.6 Å². The lowest BCUT2D eigenvalue weighted by Gasteiger charge is -2.04. The highest BCUT2D eigenvalue weighted by molar-refractivity contribution is 14.1. The number of rotatable bonds is 5. The quantitative estimate of drug-likeness (QED) is 0.672. The van der Waals surface area contributed by atoms with Crippen molar-refractivity contribution in [3.63, 3.8) is 0 Å². The lowest BCUT2D eigenvalue weighted by molar-refractivity contribution is -0.137. The van der Waals surface area contributed by atoms with E-state index < -0.39 is 5.97 Å². The zero-order chi connectivity index (χ0) is 10.4. The van der Waals surface area contributed by atoms with Crippen LogP contribution in [-0.2, 0) is 4.79 Å². The van der Waals surface area contributed by atoms with Crippen LogP contribution in [0.3, 0.4) is 0 Å². The molecule has 76 valence electrons. The number of hydrogen-bond acceptors (Lipinski definition) is 2. The van der Waals surface area contributed by atoms with E-state index in [2.05, 4.69) is 22.6 Å². The standard InChI is InChI=1S/C10H11IO3/c11-8-3-5-9(6-4-8)14-7-1-2-10(12)13/h3-6H,1-2,7H2,(H,12,13). The maximum absolute atomic E-state index is 10.2. The molecule has 0 amide bonds. The Bertz CT molecular complexity index is 295. The summed E-state index contributed by atoms with van der Waals surface area (Å²) >= 11 is 2.22. The third kappa shape index (κ3) is 4.45. The molecule has 14 heavy (non-hydrogen) atoms. The molecular weight excluding hydrogens is 295 g/mol. The van der Waals surface area contributed by atoms with E-state index in [4.69, 9.17) is 9.84 Å². The van der Waals surface area contributed by atoms with Crippen LogP contribution in [0.2, 0.25) is 0 Å². The summed E-state index contributed by atoms with van der Waals surface area (Å²) in [6, 6.07) is 7.66. The number of ether oxygens (including phenoxy) is 1. The minimum absolute atomic E-state index is 0.157. The summed E-state index contributed by atoms with van der Waals surface area (Å²) in [7, 11) is 0. The van der Waals surface area contributed by atoms with Crippen molar-refractivity contribution in [2.45, 2.75) is 12.8 Å². The number of carboxylic acid groups (broad SMARTS) is 1. The van der Waals surface area contributed by atoms with Crippen molar-refractivity contribution in [2.75, 3.05) is 6.61 Å². The molecule has 0 atom stereocenters. The first-order chi connectivity index (χ1) is 6.68. The molecule has 0 aliphatic carbocycles. The van der Waals surface area contributed by atoms with Crippen molar-refractivity contribution in [1.82, 2.24) is 0 Å². The minimum atomic E-state index is -0.781. The van der Waals surface area contributed by atoms with Gasteiger partial charge in [0.1, 0.15) is 5.75 Å². The predicted molar refractivity (Wildman–Crippen MR) is 61.5 cm³/mol. The van der Waals surface area contributed by atoms with Gasteiger partial charge in [-0.2, -0.15) is 0 Å². The maximum Gasteiger partial charge on any atom is 0.303 e. The van der Waals surface area contributed by atoms with E-state index in [1.54, 1.807) is 0 Å². The highest BCUT2D eigenvalue weighted by Crippen LogP contribution is 2.13. The summed E-state index contributed by atoms with van der Waals surface area (Å²) in [5.74, 6) is 0.00650. The van der Waals surface area contributed by atoms with Gasteiger partial charge in [0.2, 0.25) is 0 Å². The average molecular weight is 306 g/mol. The van der Waals surface area contributed by atoms with Crippen LogP contribution in [0.1, 0.15) is 12.8 Å². The molecule has 0 bridgehead atoms. The summed E-state index contributed by atoms with van der Waals surface area (Å²) < 4.78 is 6.50. The Hall–Kier alpha value is -0.780. The Morgan fingerprint density at radius 1 is 1.36 bits per heavy atom. The van der Waals surface area contributed by atoms with Gasteiger partial charge < -0.3 is 9.84 Å². The number of carboxylic acids is 1. The molecule has 3 nitrogen and oxygen atoms in total. The number of halogens is 1. The van der Waals surface area contributed by atoms with E-state index in [1.165, 1.54) is 0 Å². The van der Waals surface area contributed by atoms with Gasteiger partial charge in [0.05, 0.1) is 6.61 Å². The largest absolute Gasteiger partial charge is 0.494 e. The molecule has 0 spiro atoms. The molecule has 0 aromatic heterocycles. The summed E-state index contributed by atoms with van der Waals surface area (Å²) in [5, 5.41) is 8.39. The Balaban J connectivity index is 2.25. The molecule has 0 saturated carbocycles. The van der Waals surface area contributed by atoms with Crippen molar-refractivity contribution in [3.05, 3.63) is 27.8 Å². The molecule has 0 unspecified atom stereocenters. The first-order valence-electron chi connectivity index (χ1n) is 4.28. The molecule has 4 heteroatoms. The number of carbonyl (C=O) groups is 1. The van der Waals surface area contributed by atoms with Crippen LogP contribution in [-0.4, -0.2) is 17.7 Å². The van der Waals surface area contributed by atoms with E-state index in [0.29, 0.717) is 13.0 Å². The molecule has 0 fully saturated rings. The van der Waals surface area contributed by atoms with Crippen molar-refractivity contribution < 1.29 is 14.6 Å². The SMILES string of the molecule is O=C(O)CCCOc1ccc(I)cc1. The number of benzene rings is 1. The molecule has 0 aliphatic rings. The fourth-order valence-corrected chi connectivity index (χ4v) is 1.30. The lowest BCUT2D eigenvalue weighted by Crippen LogP contribution is -2.01. The molecule has 1 aromatic rings. The maximum atomic E-state index is 10.2. The van der Waals surface area contributed by atoms with Crippen LogP contribution in [0.15, 0.2) is 24.3 Å². The third-order valence-corrected chi connectivity index (χ3v) is 2.34. The van der Waals surface area contributed by atoms with Crippen LogP contribution < -0.4 is 4.74 Å². The van der Waals surface area contributed by atoms with Gasteiger partial charge in [-0.25, -0.2) is 0 Å².